The Balaban J connectivity index is 1.65. The van der Waals surface area contributed by atoms with Gasteiger partial charge >= 0.3 is 5.97 Å². The smallest absolute Gasteiger partial charge is 0.308 e. The lowest BCUT2D eigenvalue weighted by Gasteiger charge is -2.47. The van der Waals surface area contributed by atoms with Crippen LogP contribution in [-0.2, 0) is 33.3 Å². The van der Waals surface area contributed by atoms with Crippen molar-refractivity contribution < 1.29 is 105 Å². The molecule has 0 aromatic rings. The molecule has 76 heavy (non-hydrogen) atoms. The molecule has 0 aromatic heterocycles. The largest absolute Gasteiger partial charge is 0.462 e. The molecule has 4 aliphatic rings. The van der Waals surface area contributed by atoms with Crippen LogP contribution in [-0.4, -0.2) is 218 Å². The Morgan fingerprint density at radius 3 is 1.83 bits per heavy atom. The minimum Gasteiger partial charge on any atom is -0.462 e. The molecule has 0 radical (unpaired) electrons. The molecular formula is C53H84N2O21. The maximum absolute atomic E-state index is 14.2. The molecule has 3 fully saturated rings. The van der Waals surface area contributed by atoms with Gasteiger partial charge < -0.3 is 106 Å². The van der Waals surface area contributed by atoms with E-state index in [4.69, 9.17) is 29.4 Å². The molecule has 3 saturated heterocycles. The number of amides is 1. The minimum absolute atomic E-state index is 0.199. The van der Waals surface area contributed by atoms with Crippen molar-refractivity contribution in [2.75, 3.05) is 6.61 Å². The normalized spacial score (nSPS) is 46.7. The minimum atomic E-state index is -2.49. The van der Waals surface area contributed by atoms with Gasteiger partial charge in [-0.15, -0.1) is 0 Å². The summed E-state index contributed by atoms with van der Waals surface area (Å²) in [5.74, 6) is -6.81. The molecule has 4 heterocycles. The van der Waals surface area contributed by atoms with Gasteiger partial charge in [0.05, 0.1) is 92.1 Å². The molecule has 0 saturated carbocycles. The fraction of sp³-hybridized carbons (Fsp3) is 0.698. The number of hydrogen-bond donors (Lipinski definition) is 16. The van der Waals surface area contributed by atoms with Gasteiger partial charge in [-0.3, -0.25) is 9.59 Å². The fourth-order valence-electron chi connectivity index (χ4n) is 9.49. The summed E-state index contributed by atoms with van der Waals surface area (Å²) in [5.41, 5.74) is 6.10. The van der Waals surface area contributed by atoms with Crippen LogP contribution in [0.15, 0.2) is 85.1 Å². The highest BCUT2D eigenvalue weighted by Crippen LogP contribution is 2.39. The van der Waals surface area contributed by atoms with Crippen molar-refractivity contribution in [3.8, 4) is 0 Å². The highest BCUT2D eigenvalue weighted by Gasteiger charge is 2.53. The van der Waals surface area contributed by atoms with Crippen LogP contribution in [0.5, 0.6) is 0 Å². The summed E-state index contributed by atoms with van der Waals surface area (Å²) in [7, 11) is 0. The number of nitrogens with two attached hydrogens (primary N) is 1. The highest BCUT2D eigenvalue weighted by molar-refractivity contribution is 5.80. The summed E-state index contributed by atoms with van der Waals surface area (Å²) in [6.45, 7) is 5.88. The van der Waals surface area contributed by atoms with Gasteiger partial charge in [-0.05, 0) is 39.5 Å². The number of rotatable bonds is 5. The van der Waals surface area contributed by atoms with E-state index < -0.39 is 184 Å². The summed E-state index contributed by atoms with van der Waals surface area (Å²) in [5, 5.41) is 154. The van der Waals surface area contributed by atoms with Crippen molar-refractivity contribution in [2.24, 2.45) is 23.5 Å². The molecule has 24 atom stereocenters. The third-order valence-electron chi connectivity index (χ3n) is 14.3. The average molecular weight is 1090 g/mol. The maximum atomic E-state index is 14.2. The van der Waals surface area contributed by atoms with Gasteiger partial charge in [-0.25, -0.2) is 0 Å². The molecule has 0 aromatic carbocycles. The summed E-state index contributed by atoms with van der Waals surface area (Å²) in [6.07, 6.45) is -5.55. The van der Waals surface area contributed by atoms with E-state index in [1.807, 2.05) is 6.92 Å². The predicted molar refractivity (Wildman–Crippen MR) is 271 cm³/mol. The summed E-state index contributed by atoms with van der Waals surface area (Å²) in [4.78, 5) is 26.9. The molecule has 23 nitrogen and oxygen atoms in total. The Bertz CT molecular complexity index is 1990. The predicted octanol–water partition coefficient (Wildman–Crippen LogP) is -2.46. The third-order valence-corrected chi connectivity index (χ3v) is 14.3. The van der Waals surface area contributed by atoms with Crippen LogP contribution >= 0.6 is 0 Å². The van der Waals surface area contributed by atoms with E-state index >= 15 is 0 Å². The third kappa shape index (κ3) is 19.6. The van der Waals surface area contributed by atoms with E-state index in [0.29, 0.717) is 0 Å². The van der Waals surface area contributed by atoms with Crippen molar-refractivity contribution in [1.29, 1.82) is 0 Å². The number of allylic oxidation sites excluding steroid dienone is 12. The van der Waals surface area contributed by atoms with Crippen molar-refractivity contribution >= 4 is 11.9 Å². The van der Waals surface area contributed by atoms with Crippen molar-refractivity contribution in [3.05, 3.63) is 85.1 Å². The number of cyclic esters (lactones) is 1. The number of carbonyl (C=O) groups excluding carboxylic acids is 2. The van der Waals surface area contributed by atoms with Gasteiger partial charge in [0, 0.05) is 31.1 Å². The van der Waals surface area contributed by atoms with E-state index in [1.54, 1.807) is 86.8 Å². The Kier molecular flexibility index (Phi) is 26.7. The average Bonchev–Trinajstić information content (AvgIpc) is 3.34. The van der Waals surface area contributed by atoms with Crippen LogP contribution in [0.3, 0.4) is 0 Å². The number of aliphatic hydroxyl groups excluding tert-OH is 13. The Morgan fingerprint density at radius 2 is 1.22 bits per heavy atom. The number of aliphatic hydroxyl groups is 14. The van der Waals surface area contributed by atoms with Crippen molar-refractivity contribution in [2.45, 2.75) is 207 Å². The first kappa shape index (κ1) is 64.9. The molecule has 0 aliphatic carbocycles. The van der Waals surface area contributed by atoms with E-state index in [2.05, 4.69) is 5.32 Å². The lowest BCUT2D eigenvalue weighted by molar-refractivity contribution is -0.309. The van der Waals surface area contributed by atoms with Crippen LogP contribution < -0.4 is 11.1 Å². The van der Waals surface area contributed by atoms with Gasteiger partial charge in [-0.1, -0.05) is 98.9 Å². The van der Waals surface area contributed by atoms with Crippen LogP contribution in [0, 0.1) is 17.8 Å². The molecule has 432 valence electrons. The van der Waals surface area contributed by atoms with Gasteiger partial charge in [-0.2, -0.15) is 0 Å². The van der Waals surface area contributed by atoms with Crippen LogP contribution in [0.1, 0.15) is 79.1 Å². The van der Waals surface area contributed by atoms with Crippen molar-refractivity contribution in [1.82, 2.24) is 5.32 Å². The molecule has 1 amide bonds. The highest BCUT2D eigenvalue weighted by atomic mass is 16.7. The second-order valence-electron chi connectivity index (χ2n) is 20.5. The Morgan fingerprint density at radius 1 is 0.658 bits per heavy atom. The van der Waals surface area contributed by atoms with E-state index in [0.717, 1.165) is 0 Å². The molecule has 0 unspecified atom stereocenters. The second kappa shape index (κ2) is 31.2. The quantitative estimate of drug-likeness (QED) is 0.127. The fourth-order valence-corrected chi connectivity index (χ4v) is 9.49. The number of esters is 1. The maximum Gasteiger partial charge on any atom is 0.308 e. The molecule has 17 N–H and O–H groups in total. The number of ether oxygens (including phenoxy) is 5. The summed E-state index contributed by atoms with van der Waals surface area (Å²) >= 11 is 0. The summed E-state index contributed by atoms with van der Waals surface area (Å²) < 4.78 is 28.8. The number of nitrogens with one attached hydrogen (secondary N) is 1. The van der Waals surface area contributed by atoms with Gasteiger partial charge in [0.15, 0.2) is 18.4 Å². The van der Waals surface area contributed by atoms with E-state index in [1.165, 1.54) is 19.1 Å². The number of hydrogen-bond acceptors (Lipinski definition) is 22. The lowest BCUT2D eigenvalue weighted by atomic mass is 9.81. The number of fused-ring (bicyclic) bond motifs is 2. The first-order valence-corrected chi connectivity index (χ1v) is 25.9. The van der Waals surface area contributed by atoms with Gasteiger partial charge in [0.1, 0.15) is 36.6 Å². The molecule has 23 heteroatoms. The Labute approximate surface area is 443 Å². The first-order valence-electron chi connectivity index (χ1n) is 25.9. The van der Waals surface area contributed by atoms with Gasteiger partial charge in [0.25, 0.3) is 0 Å². The zero-order valence-electron chi connectivity index (χ0n) is 43.4. The van der Waals surface area contributed by atoms with Crippen LogP contribution in [0.2, 0.25) is 0 Å². The zero-order chi connectivity index (χ0) is 56.4. The van der Waals surface area contributed by atoms with Crippen LogP contribution in [0.4, 0.5) is 0 Å². The molecule has 0 spiro atoms. The van der Waals surface area contributed by atoms with Crippen molar-refractivity contribution in [3.63, 3.8) is 0 Å². The van der Waals surface area contributed by atoms with Gasteiger partial charge in [0.2, 0.25) is 5.91 Å². The molecule has 4 aliphatic heterocycles. The summed E-state index contributed by atoms with van der Waals surface area (Å²) in [6, 6.07) is -2.93. The lowest BCUT2D eigenvalue weighted by Crippen LogP contribution is -2.66. The van der Waals surface area contributed by atoms with E-state index in [-0.39, 0.29) is 31.6 Å². The monoisotopic (exact) mass is 1080 g/mol. The Hall–Kier alpha value is -3.64. The zero-order valence-corrected chi connectivity index (χ0v) is 43.4. The first-order chi connectivity index (χ1) is 35.9. The standard InChI is InChI=1S/C53H84N2O21/c1-28-17-15-13-11-9-7-5-6-8-10-12-14-16-18-35(74-52-48(67)43(54)46(65)31(4)73-52)24-39-42(50(69)55-44-49(68)47(66)40(27-56)75-51(44)70)38(62)26-53(71,76-39)25-37(61)36(60)20-19-32(57)21-33(58)22-34(59)23-41(63)72-30(3)29(2)45(28)64/h5-18,28-40,42-49,51-52,56-62,64-68,70-71H,19-27,54H2,1-4H3,(H,55,69)/b6-5-,9-7-,10-8-,13-11-,14-12-,17-15-,18-16+/t28-,29-,30-,31-,32+,33+,34+,35-,36+,37+,38-,39-,40-,42+,43+,44-,45+,46-,47-,48+,49-,51+,52+,53+/m0/s1. The molecular weight excluding hydrogens is 1000 g/mol. The second-order valence-corrected chi connectivity index (χ2v) is 20.5. The molecule has 4 rings (SSSR count). The topological polar surface area (TPSA) is 402 Å². The number of carbonyl (C=O) groups is 2. The van der Waals surface area contributed by atoms with Crippen LogP contribution in [0.25, 0.3) is 0 Å². The molecule has 2 bridgehead atoms. The van der Waals surface area contributed by atoms with E-state index in [9.17, 15) is 81.1 Å². The SMILES string of the molecule is C[C@@H]1[C@H](O)[C@@H](C)\C=C/C=C\C=C/C=C\C=C/C=C\C=C\[C@H](O[C@H]2O[C@@H](C)[C@H](O)[C@@H](N)[C@H]2O)C[C@@H]2O[C@](O)(C[C@@H](O)[C@H](O)CC[C@@H](O)C[C@@H](O)C[C@@H](O)CC(=O)O[C@H]1C)C[C@H](O)[C@H]2C(=O)N[C@H]1[C@H](O)[C@@H](O)[C@H](CO)O[C@H]1O.